The summed E-state index contributed by atoms with van der Waals surface area (Å²) in [4.78, 5) is 4.48. The predicted octanol–water partition coefficient (Wildman–Crippen LogP) is 2.32. The fraction of sp³-hybridized carbons (Fsp3) is 0.500. The van der Waals surface area contributed by atoms with E-state index in [-0.39, 0.29) is 11.7 Å². The Morgan fingerprint density at radius 2 is 1.94 bits per heavy atom. The second-order valence-electron chi connectivity index (χ2n) is 4.16. The first-order valence-electron chi connectivity index (χ1n) is 5.49. The van der Waals surface area contributed by atoms with Crippen LogP contribution in [-0.2, 0) is 5.88 Å². The van der Waals surface area contributed by atoms with Crippen molar-refractivity contribution in [3.8, 4) is 0 Å². The van der Waals surface area contributed by atoms with Crippen LogP contribution in [-0.4, -0.2) is 38.1 Å². The Bertz CT molecular complexity index is 362. The van der Waals surface area contributed by atoms with Gasteiger partial charge in [0.1, 0.15) is 5.82 Å². The first-order chi connectivity index (χ1) is 7.72. The molecule has 0 atom stereocenters. The number of halogens is 2. The van der Waals surface area contributed by atoms with Crippen molar-refractivity contribution in [1.29, 1.82) is 0 Å². The Labute approximate surface area is 101 Å². The van der Waals surface area contributed by atoms with Crippen molar-refractivity contribution >= 4 is 17.3 Å². The molecule has 1 saturated heterocycles. The molecule has 0 spiro atoms. The van der Waals surface area contributed by atoms with Crippen molar-refractivity contribution in [2.24, 2.45) is 0 Å². The number of likely N-dealkylation sites (N-methyl/N-ethyl adjacent to an activating group) is 1. The molecule has 0 bridgehead atoms. The van der Waals surface area contributed by atoms with Gasteiger partial charge in [-0.15, -0.1) is 11.6 Å². The Kier molecular flexibility index (Phi) is 3.66. The van der Waals surface area contributed by atoms with E-state index < -0.39 is 0 Å². The minimum atomic E-state index is -0.202. The van der Waals surface area contributed by atoms with Crippen molar-refractivity contribution in [2.75, 3.05) is 38.1 Å². The van der Waals surface area contributed by atoms with E-state index in [1.54, 1.807) is 6.07 Å². The minimum Gasteiger partial charge on any atom is -0.369 e. The fourth-order valence-electron chi connectivity index (χ4n) is 2.02. The Morgan fingerprint density at radius 1 is 1.25 bits per heavy atom. The van der Waals surface area contributed by atoms with Gasteiger partial charge in [-0.05, 0) is 19.2 Å². The predicted molar refractivity (Wildman–Crippen MR) is 65.7 cm³/mol. The summed E-state index contributed by atoms with van der Waals surface area (Å²) < 4.78 is 13.6. The van der Waals surface area contributed by atoms with Crippen LogP contribution in [0.4, 0.5) is 10.1 Å². The van der Waals surface area contributed by atoms with Gasteiger partial charge in [0.15, 0.2) is 0 Å². The molecule has 2 rings (SSSR count). The van der Waals surface area contributed by atoms with E-state index in [9.17, 15) is 4.39 Å². The van der Waals surface area contributed by atoms with Crippen LogP contribution in [0.15, 0.2) is 18.2 Å². The largest absolute Gasteiger partial charge is 0.369 e. The third kappa shape index (κ3) is 2.30. The molecule has 1 fully saturated rings. The van der Waals surface area contributed by atoms with Crippen LogP contribution in [0.3, 0.4) is 0 Å². The smallest absolute Gasteiger partial charge is 0.129 e. The molecule has 0 radical (unpaired) electrons. The minimum absolute atomic E-state index is 0.202. The average Bonchev–Trinajstić information content (AvgIpc) is 2.30. The number of hydrogen-bond acceptors (Lipinski definition) is 2. The van der Waals surface area contributed by atoms with Gasteiger partial charge in [0.05, 0.1) is 5.88 Å². The molecule has 1 aliphatic rings. The molecular formula is C12H16ClFN2. The van der Waals surface area contributed by atoms with Gasteiger partial charge in [0.2, 0.25) is 0 Å². The molecular weight excluding hydrogens is 227 g/mol. The lowest BCUT2D eigenvalue weighted by Gasteiger charge is -2.35. The van der Waals surface area contributed by atoms with Crippen LogP contribution in [0.1, 0.15) is 5.56 Å². The average molecular weight is 243 g/mol. The van der Waals surface area contributed by atoms with Crippen LogP contribution in [0, 0.1) is 5.82 Å². The second-order valence-corrected chi connectivity index (χ2v) is 4.43. The monoisotopic (exact) mass is 242 g/mol. The molecule has 1 heterocycles. The molecule has 4 heteroatoms. The molecule has 88 valence electrons. The topological polar surface area (TPSA) is 6.48 Å². The highest BCUT2D eigenvalue weighted by atomic mass is 35.5. The van der Waals surface area contributed by atoms with Crippen LogP contribution < -0.4 is 4.90 Å². The molecule has 1 aromatic carbocycles. The van der Waals surface area contributed by atoms with Crippen molar-refractivity contribution in [2.45, 2.75) is 5.88 Å². The Morgan fingerprint density at radius 3 is 2.56 bits per heavy atom. The quantitative estimate of drug-likeness (QED) is 0.735. The normalized spacial score (nSPS) is 17.8. The van der Waals surface area contributed by atoms with E-state index in [1.165, 1.54) is 6.07 Å². The zero-order chi connectivity index (χ0) is 11.5. The number of hydrogen-bond donors (Lipinski definition) is 0. The highest BCUT2D eigenvalue weighted by molar-refractivity contribution is 6.17. The van der Waals surface area contributed by atoms with Crippen LogP contribution >= 0.6 is 11.6 Å². The van der Waals surface area contributed by atoms with E-state index in [0.29, 0.717) is 5.56 Å². The summed E-state index contributed by atoms with van der Waals surface area (Å²) in [6, 6.07) is 5.17. The molecule has 1 aliphatic heterocycles. The third-order valence-electron chi connectivity index (χ3n) is 3.07. The van der Waals surface area contributed by atoms with Crippen LogP contribution in [0.2, 0.25) is 0 Å². The van der Waals surface area contributed by atoms with Crippen LogP contribution in [0.25, 0.3) is 0 Å². The lowest BCUT2D eigenvalue weighted by Crippen LogP contribution is -2.44. The van der Waals surface area contributed by atoms with E-state index in [4.69, 9.17) is 11.6 Å². The zero-order valence-electron chi connectivity index (χ0n) is 9.42. The maximum atomic E-state index is 13.6. The molecule has 0 amide bonds. The molecule has 16 heavy (non-hydrogen) atoms. The molecule has 2 nitrogen and oxygen atoms in total. The number of alkyl halides is 1. The molecule has 0 unspecified atom stereocenters. The number of rotatable bonds is 2. The lowest BCUT2D eigenvalue weighted by molar-refractivity contribution is 0.312. The van der Waals surface area contributed by atoms with Gasteiger partial charge in [0, 0.05) is 37.4 Å². The molecule has 0 saturated carbocycles. The maximum absolute atomic E-state index is 13.6. The molecule has 0 aromatic heterocycles. The van der Waals surface area contributed by atoms with E-state index in [0.717, 1.165) is 31.9 Å². The van der Waals surface area contributed by atoms with E-state index in [1.807, 2.05) is 6.07 Å². The lowest BCUT2D eigenvalue weighted by atomic mass is 10.1. The summed E-state index contributed by atoms with van der Waals surface area (Å²) in [6.45, 7) is 3.89. The summed E-state index contributed by atoms with van der Waals surface area (Å²) in [7, 11) is 2.10. The third-order valence-corrected chi connectivity index (χ3v) is 3.34. The zero-order valence-corrected chi connectivity index (χ0v) is 10.2. The number of anilines is 1. The van der Waals surface area contributed by atoms with Gasteiger partial charge in [-0.1, -0.05) is 6.07 Å². The Balaban J connectivity index is 2.23. The summed E-state index contributed by atoms with van der Waals surface area (Å²) in [5.41, 5.74) is 1.57. The number of nitrogens with zero attached hydrogens (tertiary/aromatic N) is 2. The standard InChI is InChI=1S/C12H16ClFN2/c1-15-5-7-16(8-6-15)12-4-2-3-11(14)10(12)9-13/h2-4H,5-9H2,1H3. The maximum Gasteiger partial charge on any atom is 0.129 e. The van der Waals surface area contributed by atoms with Crippen LogP contribution in [0.5, 0.6) is 0 Å². The SMILES string of the molecule is CN1CCN(c2cccc(F)c2CCl)CC1. The summed E-state index contributed by atoms with van der Waals surface area (Å²) in [6.07, 6.45) is 0. The highest BCUT2D eigenvalue weighted by Crippen LogP contribution is 2.25. The van der Waals surface area contributed by atoms with Gasteiger partial charge >= 0.3 is 0 Å². The van der Waals surface area contributed by atoms with Gasteiger partial charge < -0.3 is 9.80 Å². The number of benzene rings is 1. The molecule has 0 aliphatic carbocycles. The van der Waals surface area contributed by atoms with E-state index >= 15 is 0 Å². The summed E-state index contributed by atoms with van der Waals surface area (Å²) in [5, 5.41) is 0. The Hall–Kier alpha value is -0.800. The van der Waals surface area contributed by atoms with Gasteiger partial charge in [-0.25, -0.2) is 4.39 Å². The first kappa shape index (κ1) is 11.7. The van der Waals surface area contributed by atoms with Crippen molar-refractivity contribution in [3.05, 3.63) is 29.6 Å². The van der Waals surface area contributed by atoms with E-state index in [2.05, 4.69) is 16.8 Å². The molecule has 1 aromatic rings. The second kappa shape index (κ2) is 5.02. The van der Waals surface area contributed by atoms with Crippen molar-refractivity contribution in [3.63, 3.8) is 0 Å². The van der Waals surface area contributed by atoms with Gasteiger partial charge in [0.25, 0.3) is 0 Å². The van der Waals surface area contributed by atoms with Crippen molar-refractivity contribution < 1.29 is 4.39 Å². The summed E-state index contributed by atoms with van der Waals surface area (Å²) in [5.74, 6) is 0.0281. The van der Waals surface area contributed by atoms with Gasteiger partial charge in [-0.2, -0.15) is 0 Å². The number of piperazine rings is 1. The van der Waals surface area contributed by atoms with Gasteiger partial charge in [-0.3, -0.25) is 0 Å². The molecule has 0 N–H and O–H groups in total. The first-order valence-corrected chi connectivity index (χ1v) is 6.02. The fourth-order valence-corrected chi connectivity index (χ4v) is 2.29. The summed E-state index contributed by atoms with van der Waals surface area (Å²) >= 11 is 5.81. The van der Waals surface area contributed by atoms with Crippen molar-refractivity contribution in [1.82, 2.24) is 4.90 Å². The highest BCUT2D eigenvalue weighted by Gasteiger charge is 2.18.